The van der Waals surface area contributed by atoms with Gasteiger partial charge < -0.3 is 4.98 Å². The number of hydrazone groups is 1. The zero-order valence-electron chi connectivity index (χ0n) is 11.6. The number of hydrogen-bond donors (Lipinski definition) is 2. The lowest BCUT2D eigenvalue weighted by Crippen LogP contribution is -1.98. The molecule has 2 N–H and O–H groups in total. The van der Waals surface area contributed by atoms with Crippen molar-refractivity contribution in [2.24, 2.45) is 5.10 Å². The number of para-hydroxylation sites is 1. The second kappa shape index (κ2) is 5.25. The van der Waals surface area contributed by atoms with Crippen molar-refractivity contribution in [1.29, 1.82) is 0 Å². The van der Waals surface area contributed by atoms with Crippen LogP contribution in [0.4, 0.5) is 5.95 Å². The van der Waals surface area contributed by atoms with E-state index >= 15 is 0 Å². The van der Waals surface area contributed by atoms with Crippen LogP contribution in [0.1, 0.15) is 5.56 Å². The normalized spacial score (nSPS) is 11.5. The van der Waals surface area contributed by atoms with E-state index < -0.39 is 0 Å². The largest absolute Gasteiger partial charge is 0.338 e. The number of benzene rings is 2. The molecule has 4 aromatic rings. The van der Waals surface area contributed by atoms with Gasteiger partial charge in [-0.2, -0.15) is 10.1 Å². The van der Waals surface area contributed by atoms with Crippen molar-refractivity contribution < 1.29 is 0 Å². The van der Waals surface area contributed by atoms with Gasteiger partial charge in [0.1, 0.15) is 5.52 Å². The third-order valence-corrected chi connectivity index (χ3v) is 3.30. The van der Waals surface area contributed by atoms with Gasteiger partial charge in [0.15, 0.2) is 5.65 Å². The summed E-state index contributed by atoms with van der Waals surface area (Å²) in [6.45, 7) is 0. The average molecular weight is 288 g/mol. The third kappa shape index (κ3) is 2.26. The third-order valence-electron chi connectivity index (χ3n) is 3.30. The first-order valence-electron chi connectivity index (χ1n) is 6.85. The highest BCUT2D eigenvalue weighted by Gasteiger charge is 2.07. The first-order chi connectivity index (χ1) is 10.9. The van der Waals surface area contributed by atoms with Crippen molar-refractivity contribution in [1.82, 2.24) is 20.2 Å². The summed E-state index contributed by atoms with van der Waals surface area (Å²) < 4.78 is 0. The summed E-state index contributed by atoms with van der Waals surface area (Å²) in [6.07, 6.45) is 1.71. The number of fused-ring (bicyclic) bond motifs is 3. The minimum atomic E-state index is 0.353. The van der Waals surface area contributed by atoms with E-state index in [1.165, 1.54) is 0 Å². The molecular formula is C16H12N6. The van der Waals surface area contributed by atoms with Crippen molar-refractivity contribution in [3.05, 3.63) is 60.2 Å². The Morgan fingerprint density at radius 3 is 2.68 bits per heavy atom. The molecule has 0 fully saturated rings. The lowest BCUT2D eigenvalue weighted by atomic mass is 10.2. The molecule has 106 valence electrons. The van der Waals surface area contributed by atoms with Gasteiger partial charge in [-0.1, -0.05) is 48.5 Å². The van der Waals surface area contributed by atoms with Crippen molar-refractivity contribution >= 4 is 34.2 Å². The van der Waals surface area contributed by atoms with Crippen molar-refractivity contribution in [2.75, 3.05) is 5.43 Å². The molecule has 22 heavy (non-hydrogen) atoms. The number of aromatic amines is 1. The van der Waals surface area contributed by atoms with Crippen LogP contribution < -0.4 is 5.43 Å². The van der Waals surface area contributed by atoms with Gasteiger partial charge in [0.05, 0.1) is 6.21 Å². The molecule has 2 aromatic heterocycles. The zero-order valence-corrected chi connectivity index (χ0v) is 11.6. The molecule has 4 rings (SSSR count). The quantitative estimate of drug-likeness (QED) is 0.449. The van der Waals surface area contributed by atoms with E-state index in [4.69, 9.17) is 0 Å². The summed E-state index contributed by atoms with van der Waals surface area (Å²) >= 11 is 0. The number of rotatable bonds is 3. The maximum absolute atomic E-state index is 4.39. The van der Waals surface area contributed by atoms with Crippen LogP contribution in [0.3, 0.4) is 0 Å². The van der Waals surface area contributed by atoms with Crippen LogP contribution in [0.25, 0.3) is 22.1 Å². The van der Waals surface area contributed by atoms with E-state index in [0.717, 1.165) is 22.0 Å². The maximum atomic E-state index is 4.39. The summed E-state index contributed by atoms with van der Waals surface area (Å²) in [6, 6.07) is 17.7. The van der Waals surface area contributed by atoms with Gasteiger partial charge in [-0.3, -0.25) is 0 Å². The molecule has 2 heterocycles. The van der Waals surface area contributed by atoms with E-state index in [1.54, 1.807) is 6.21 Å². The number of nitrogens with one attached hydrogen (secondary N) is 2. The van der Waals surface area contributed by atoms with E-state index in [9.17, 15) is 0 Å². The summed E-state index contributed by atoms with van der Waals surface area (Å²) in [7, 11) is 0. The van der Waals surface area contributed by atoms with Crippen LogP contribution in [0.2, 0.25) is 0 Å². The molecule has 0 atom stereocenters. The number of H-pyrrole nitrogens is 1. The summed E-state index contributed by atoms with van der Waals surface area (Å²) in [5, 5.41) is 13.4. The number of hydrogen-bond acceptors (Lipinski definition) is 5. The second-order valence-electron chi connectivity index (χ2n) is 4.78. The van der Waals surface area contributed by atoms with Gasteiger partial charge >= 0.3 is 0 Å². The van der Waals surface area contributed by atoms with Crippen LogP contribution in [-0.4, -0.2) is 26.4 Å². The Kier molecular flexibility index (Phi) is 2.97. The first-order valence-corrected chi connectivity index (χ1v) is 6.85. The fourth-order valence-electron chi connectivity index (χ4n) is 2.27. The predicted octanol–water partition coefficient (Wildman–Crippen LogP) is 2.95. The lowest BCUT2D eigenvalue weighted by molar-refractivity contribution is 1.01. The van der Waals surface area contributed by atoms with E-state index in [-0.39, 0.29) is 0 Å². The predicted molar refractivity (Wildman–Crippen MR) is 86.8 cm³/mol. The minimum absolute atomic E-state index is 0.353. The molecule has 6 nitrogen and oxygen atoms in total. The molecule has 0 radical (unpaired) electrons. The number of nitrogens with zero attached hydrogens (tertiary/aromatic N) is 4. The van der Waals surface area contributed by atoms with Gasteiger partial charge in [-0.15, -0.1) is 10.2 Å². The monoisotopic (exact) mass is 288 g/mol. The molecule has 6 heteroatoms. The SMILES string of the molecule is C(=N\Nc1nnc2c(n1)[nH]c1ccccc12)/c1ccccc1. The van der Waals surface area contributed by atoms with Crippen molar-refractivity contribution in [3.63, 3.8) is 0 Å². The van der Waals surface area contributed by atoms with Crippen LogP contribution >= 0.6 is 0 Å². The molecule has 0 unspecified atom stereocenters. The molecule has 2 aromatic carbocycles. The second-order valence-corrected chi connectivity index (χ2v) is 4.78. The maximum Gasteiger partial charge on any atom is 0.265 e. The summed E-state index contributed by atoms with van der Waals surface area (Å²) in [5.41, 5.74) is 6.23. The van der Waals surface area contributed by atoms with Gasteiger partial charge in [0, 0.05) is 10.9 Å². The van der Waals surface area contributed by atoms with Gasteiger partial charge in [-0.05, 0) is 11.6 Å². The highest BCUT2D eigenvalue weighted by molar-refractivity contribution is 6.03. The Hall–Kier alpha value is -3.28. The van der Waals surface area contributed by atoms with Crippen molar-refractivity contribution in [2.45, 2.75) is 0 Å². The molecular weight excluding hydrogens is 276 g/mol. The molecule has 0 spiro atoms. The minimum Gasteiger partial charge on any atom is -0.338 e. The fraction of sp³-hybridized carbons (Fsp3) is 0. The lowest BCUT2D eigenvalue weighted by Gasteiger charge is -1.97. The van der Waals surface area contributed by atoms with Gasteiger partial charge in [0.25, 0.3) is 5.95 Å². The molecule has 0 aliphatic heterocycles. The van der Waals surface area contributed by atoms with Crippen LogP contribution in [-0.2, 0) is 0 Å². The molecule has 0 saturated heterocycles. The Bertz CT molecular complexity index is 958. The molecule has 0 aliphatic carbocycles. The topological polar surface area (TPSA) is 78.8 Å². The van der Waals surface area contributed by atoms with E-state index in [2.05, 4.69) is 30.7 Å². The smallest absolute Gasteiger partial charge is 0.265 e. The van der Waals surface area contributed by atoms with Crippen LogP contribution in [0.15, 0.2) is 59.7 Å². The first kappa shape index (κ1) is 12.5. The highest BCUT2D eigenvalue weighted by Crippen LogP contribution is 2.21. The Labute approximate surface area is 125 Å². The number of anilines is 1. The standard InChI is InChI=1S/C16H12N6/c1-2-6-11(7-3-1)10-17-21-16-19-15-14(20-22-16)12-8-4-5-9-13(12)18-15/h1-10H,(H2,18,19,21,22)/b17-10+. The Morgan fingerprint density at radius 2 is 1.77 bits per heavy atom. The summed E-state index contributed by atoms with van der Waals surface area (Å²) in [4.78, 5) is 7.61. The van der Waals surface area contributed by atoms with Gasteiger partial charge in [-0.25, -0.2) is 5.43 Å². The van der Waals surface area contributed by atoms with E-state index in [1.807, 2.05) is 54.6 Å². The highest BCUT2D eigenvalue weighted by atomic mass is 15.4. The van der Waals surface area contributed by atoms with Crippen LogP contribution in [0.5, 0.6) is 0 Å². The fourth-order valence-corrected chi connectivity index (χ4v) is 2.27. The van der Waals surface area contributed by atoms with Crippen molar-refractivity contribution in [3.8, 4) is 0 Å². The number of aromatic nitrogens is 4. The van der Waals surface area contributed by atoms with Crippen LogP contribution in [0, 0.1) is 0 Å². The Balaban J connectivity index is 1.63. The average Bonchev–Trinajstić information content (AvgIpc) is 2.93. The summed E-state index contributed by atoms with van der Waals surface area (Å²) in [5.74, 6) is 0.353. The zero-order chi connectivity index (χ0) is 14.8. The van der Waals surface area contributed by atoms with E-state index in [0.29, 0.717) is 11.6 Å². The molecule has 0 aliphatic rings. The molecule has 0 amide bonds. The molecule has 0 saturated carbocycles. The van der Waals surface area contributed by atoms with Gasteiger partial charge in [0.2, 0.25) is 0 Å². The molecule has 0 bridgehead atoms. The Morgan fingerprint density at radius 1 is 0.955 bits per heavy atom.